The van der Waals surface area contributed by atoms with Crippen LogP contribution in [0, 0.1) is 16.7 Å². The molecular weight excluding hydrogens is 392 g/mol. The van der Waals surface area contributed by atoms with Crippen LogP contribution in [0.25, 0.3) is 11.0 Å². The summed E-state index contributed by atoms with van der Waals surface area (Å²) < 4.78 is 13.6. The Bertz CT molecular complexity index is 1050. The van der Waals surface area contributed by atoms with Gasteiger partial charge in [-0.05, 0) is 70.1 Å². The van der Waals surface area contributed by atoms with Crippen molar-refractivity contribution in [2.45, 2.75) is 70.6 Å². The number of rotatable bonds is 3. The van der Waals surface area contributed by atoms with Crippen LogP contribution in [0.2, 0.25) is 0 Å². The van der Waals surface area contributed by atoms with Crippen molar-refractivity contribution in [3.05, 3.63) is 29.6 Å². The van der Waals surface area contributed by atoms with E-state index >= 15 is 0 Å². The molecule has 1 aliphatic carbocycles. The second-order valence-electron chi connectivity index (χ2n) is 10.3. The molecule has 1 aromatic carbocycles. The van der Waals surface area contributed by atoms with Gasteiger partial charge in [0.25, 0.3) is 0 Å². The van der Waals surface area contributed by atoms with Crippen LogP contribution >= 0.6 is 0 Å². The Balaban J connectivity index is 1.36. The number of hydrogen-bond donors (Lipinski definition) is 0. The maximum atomic E-state index is 12.4. The number of piperidine rings is 1. The number of nitriles is 1. The molecule has 31 heavy (non-hydrogen) atoms. The highest BCUT2D eigenvalue weighted by Crippen LogP contribution is 2.64. The van der Waals surface area contributed by atoms with E-state index in [9.17, 15) is 10.1 Å². The van der Waals surface area contributed by atoms with Gasteiger partial charge in [-0.1, -0.05) is 0 Å². The van der Waals surface area contributed by atoms with Gasteiger partial charge in [0, 0.05) is 25.6 Å². The van der Waals surface area contributed by atoms with Gasteiger partial charge in [0.15, 0.2) is 0 Å². The fourth-order valence-corrected chi connectivity index (χ4v) is 5.03. The second kappa shape index (κ2) is 7.23. The molecule has 0 bridgehead atoms. The minimum Gasteiger partial charge on any atom is -0.444 e. The third kappa shape index (κ3) is 3.78. The standard InChI is InChI=1S/C24H30N4O3/c1-23(2,3)31-22(29)27-9-7-24(8-10-27)13-18(24)21-26-19-5-4-16(14-25)12-20(19)28(21)15-17-6-11-30-17/h4-5,12,17-18H,6-11,13,15H2,1-3H3. The van der Waals surface area contributed by atoms with Crippen molar-refractivity contribution in [1.82, 2.24) is 14.5 Å². The molecule has 1 aromatic heterocycles. The van der Waals surface area contributed by atoms with E-state index in [-0.39, 0.29) is 17.6 Å². The van der Waals surface area contributed by atoms with Crippen LogP contribution in [-0.2, 0) is 16.0 Å². The number of amides is 1. The van der Waals surface area contributed by atoms with Gasteiger partial charge < -0.3 is 18.9 Å². The average molecular weight is 423 g/mol. The van der Waals surface area contributed by atoms with E-state index in [4.69, 9.17) is 14.5 Å². The summed E-state index contributed by atoms with van der Waals surface area (Å²) in [6.07, 6.45) is 4.14. The first kappa shape index (κ1) is 20.3. The average Bonchev–Trinajstić information content (AvgIpc) is 3.25. The number of benzene rings is 1. The number of likely N-dealkylation sites (tertiary alicyclic amines) is 1. The maximum absolute atomic E-state index is 12.4. The molecule has 5 rings (SSSR count). The van der Waals surface area contributed by atoms with Crippen LogP contribution in [0.4, 0.5) is 4.79 Å². The van der Waals surface area contributed by atoms with Crippen molar-refractivity contribution < 1.29 is 14.3 Å². The number of nitrogens with zero attached hydrogens (tertiary/aromatic N) is 4. The topological polar surface area (TPSA) is 80.4 Å². The highest BCUT2D eigenvalue weighted by Gasteiger charge is 2.58. The molecule has 0 radical (unpaired) electrons. The van der Waals surface area contributed by atoms with Crippen LogP contribution in [0.5, 0.6) is 0 Å². The quantitative estimate of drug-likeness (QED) is 0.740. The monoisotopic (exact) mass is 422 g/mol. The summed E-state index contributed by atoms with van der Waals surface area (Å²) in [4.78, 5) is 19.3. The number of carbonyl (C=O) groups is 1. The minimum atomic E-state index is -0.467. The van der Waals surface area contributed by atoms with Crippen molar-refractivity contribution in [3.63, 3.8) is 0 Å². The Morgan fingerprint density at radius 1 is 1.35 bits per heavy atom. The molecule has 2 saturated heterocycles. The molecule has 2 aliphatic heterocycles. The predicted octanol–water partition coefficient (Wildman–Crippen LogP) is 4.20. The lowest BCUT2D eigenvalue weighted by Gasteiger charge is -2.34. The van der Waals surface area contributed by atoms with E-state index in [0.29, 0.717) is 11.5 Å². The Morgan fingerprint density at radius 2 is 2.10 bits per heavy atom. The van der Waals surface area contributed by atoms with Crippen LogP contribution in [0.15, 0.2) is 18.2 Å². The van der Waals surface area contributed by atoms with Gasteiger partial charge in [-0.15, -0.1) is 0 Å². The van der Waals surface area contributed by atoms with Crippen molar-refractivity contribution in [2.24, 2.45) is 5.41 Å². The molecule has 1 amide bonds. The highest BCUT2D eigenvalue weighted by molar-refractivity contribution is 5.78. The Hall–Kier alpha value is -2.59. The van der Waals surface area contributed by atoms with Crippen LogP contribution in [0.3, 0.4) is 0 Å². The van der Waals surface area contributed by atoms with Gasteiger partial charge in [-0.3, -0.25) is 0 Å². The summed E-state index contributed by atoms with van der Waals surface area (Å²) in [5, 5.41) is 9.35. The number of carbonyl (C=O) groups excluding carboxylic acids is 1. The van der Waals surface area contributed by atoms with E-state index < -0.39 is 5.60 Å². The second-order valence-corrected chi connectivity index (χ2v) is 10.3. The largest absolute Gasteiger partial charge is 0.444 e. The third-order valence-electron chi connectivity index (χ3n) is 7.00. The maximum Gasteiger partial charge on any atom is 0.410 e. The van der Waals surface area contributed by atoms with Gasteiger partial charge in [0.05, 0.1) is 35.3 Å². The zero-order valence-corrected chi connectivity index (χ0v) is 18.6. The number of fused-ring (bicyclic) bond motifs is 1. The summed E-state index contributed by atoms with van der Waals surface area (Å²) in [7, 11) is 0. The molecule has 1 saturated carbocycles. The normalized spacial score (nSPS) is 24.6. The van der Waals surface area contributed by atoms with E-state index in [1.54, 1.807) is 0 Å². The molecule has 3 aliphatic rings. The summed E-state index contributed by atoms with van der Waals surface area (Å²) in [6.45, 7) is 8.79. The van der Waals surface area contributed by atoms with Crippen molar-refractivity contribution in [1.29, 1.82) is 5.26 Å². The molecule has 7 heteroatoms. The Labute approximate surface area is 182 Å². The minimum absolute atomic E-state index is 0.210. The Morgan fingerprint density at radius 3 is 2.71 bits per heavy atom. The first-order chi connectivity index (χ1) is 14.8. The first-order valence-corrected chi connectivity index (χ1v) is 11.3. The molecule has 0 N–H and O–H groups in total. The lowest BCUT2D eigenvalue weighted by molar-refractivity contribution is -0.0590. The van der Waals surface area contributed by atoms with Gasteiger partial charge in [0.2, 0.25) is 0 Å². The van der Waals surface area contributed by atoms with Crippen LogP contribution in [-0.4, -0.2) is 51.9 Å². The van der Waals surface area contributed by atoms with Crippen molar-refractivity contribution in [3.8, 4) is 6.07 Å². The van der Waals surface area contributed by atoms with Gasteiger partial charge in [-0.25, -0.2) is 9.78 Å². The number of imidazole rings is 1. The third-order valence-corrected chi connectivity index (χ3v) is 7.00. The molecule has 3 fully saturated rings. The zero-order valence-electron chi connectivity index (χ0n) is 18.6. The first-order valence-electron chi connectivity index (χ1n) is 11.3. The molecule has 164 valence electrons. The molecule has 3 heterocycles. The highest BCUT2D eigenvalue weighted by atomic mass is 16.6. The molecular formula is C24H30N4O3. The fraction of sp³-hybridized carbons (Fsp3) is 0.625. The van der Waals surface area contributed by atoms with E-state index in [0.717, 1.165) is 68.8 Å². The summed E-state index contributed by atoms with van der Waals surface area (Å²) in [5.41, 5.74) is 2.38. The smallest absolute Gasteiger partial charge is 0.410 e. The Kier molecular flexibility index (Phi) is 4.74. The number of ether oxygens (including phenoxy) is 2. The predicted molar refractivity (Wildman–Crippen MR) is 116 cm³/mol. The molecule has 2 aromatic rings. The van der Waals surface area contributed by atoms with Gasteiger partial charge in [0.1, 0.15) is 11.4 Å². The number of hydrogen-bond acceptors (Lipinski definition) is 5. The molecule has 2 unspecified atom stereocenters. The van der Waals surface area contributed by atoms with E-state index in [1.165, 1.54) is 0 Å². The summed E-state index contributed by atoms with van der Waals surface area (Å²) in [5.74, 6) is 1.51. The van der Waals surface area contributed by atoms with Crippen LogP contribution < -0.4 is 0 Å². The SMILES string of the molecule is CC(C)(C)OC(=O)N1CCC2(CC1)CC2c1nc2ccc(C#N)cc2n1CC1CCO1. The summed E-state index contributed by atoms with van der Waals surface area (Å²) >= 11 is 0. The van der Waals surface area contributed by atoms with Crippen molar-refractivity contribution >= 4 is 17.1 Å². The van der Waals surface area contributed by atoms with E-state index in [1.807, 2.05) is 43.9 Å². The number of aromatic nitrogens is 2. The zero-order chi connectivity index (χ0) is 21.8. The van der Waals surface area contributed by atoms with Crippen molar-refractivity contribution in [2.75, 3.05) is 19.7 Å². The van der Waals surface area contributed by atoms with Crippen LogP contribution in [0.1, 0.15) is 63.8 Å². The van der Waals surface area contributed by atoms with Gasteiger partial charge >= 0.3 is 6.09 Å². The fourth-order valence-electron chi connectivity index (χ4n) is 5.03. The summed E-state index contributed by atoms with van der Waals surface area (Å²) in [6, 6.07) is 7.99. The molecule has 1 spiro atoms. The van der Waals surface area contributed by atoms with E-state index in [2.05, 4.69) is 10.6 Å². The molecule has 2 atom stereocenters. The van der Waals surface area contributed by atoms with Gasteiger partial charge in [-0.2, -0.15) is 5.26 Å². The lowest BCUT2D eigenvalue weighted by atomic mass is 9.90. The lowest BCUT2D eigenvalue weighted by Crippen LogP contribution is -2.42. The molecule has 7 nitrogen and oxygen atoms in total.